The summed E-state index contributed by atoms with van der Waals surface area (Å²) >= 11 is 0. The van der Waals surface area contributed by atoms with Gasteiger partial charge in [0.1, 0.15) is 18.1 Å². The minimum atomic E-state index is -0.179. The lowest BCUT2D eigenvalue weighted by Crippen LogP contribution is -2.09. The smallest absolute Gasteiger partial charge is 0.127 e. The number of aryl methyl sites for hydroxylation is 1. The third kappa shape index (κ3) is 5.25. The predicted octanol–water partition coefficient (Wildman–Crippen LogP) is 5.56. The molecule has 2 aromatic rings. The molecule has 0 aliphatic carbocycles. The number of aliphatic hydroxyl groups is 1. The van der Waals surface area contributed by atoms with Crippen LogP contribution in [-0.4, -0.2) is 10.2 Å². The molecule has 0 aliphatic heterocycles. The van der Waals surface area contributed by atoms with Gasteiger partial charge in [-0.2, -0.15) is 0 Å². The van der Waals surface area contributed by atoms with Crippen molar-refractivity contribution in [1.29, 1.82) is 0 Å². The number of phenols is 1. The standard InChI is InChI=1S/C23H32O3/c1-15(2)10-22(16(3)4)18-6-8-21(9-7-18)26-14-20-12-17(5)11-19(13-24)23(20)25/h6-9,11-12,15-16,22,24-25H,10,13-14H2,1-5H3. The maximum Gasteiger partial charge on any atom is 0.127 e. The molecule has 2 N–H and O–H groups in total. The summed E-state index contributed by atoms with van der Waals surface area (Å²) in [6.45, 7) is 11.1. The molecule has 0 aromatic heterocycles. The fourth-order valence-electron chi connectivity index (χ4n) is 3.44. The molecule has 26 heavy (non-hydrogen) atoms. The lowest BCUT2D eigenvalue weighted by atomic mass is 9.82. The zero-order valence-corrected chi connectivity index (χ0v) is 16.6. The lowest BCUT2D eigenvalue weighted by Gasteiger charge is -2.23. The third-order valence-corrected chi connectivity index (χ3v) is 4.82. The summed E-state index contributed by atoms with van der Waals surface area (Å²) in [6, 6.07) is 12.0. The first kappa shape index (κ1) is 20.3. The van der Waals surface area contributed by atoms with Gasteiger partial charge in [0, 0.05) is 11.1 Å². The molecule has 0 amide bonds. The van der Waals surface area contributed by atoms with Gasteiger partial charge in [-0.1, -0.05) is 51.5 Å². The SMILES string of the molecule is Cc1cc(CO)c(O)c(COc2ccc(C(CC(C)C)C(C)C)cc2)c1. The van der Waals surface area contributed by atoms with E-state index in [9.17, 15) is 10.2 Å². The molecule has 1 unspecified atom stereocenters. The quantitative estimate of drug-likeness (QED) is 0.651. The Hall–Kier alpha value is -2.00. The second-order valence-electron chi connectivity index (χ2n) is 7.93. The molecule has 0 heterocycles. The average molecular weight is 357 g/mol. The Balaban J connectivity index is 2.09. The Morgan fingerprint density at radius 3 is 2.12 bits per heavy atom. The van der Waals surface area contributed by atoms with Crippen LogP contribution in [0.5, 0.6) is 11.5 Å². The molecule has 1 atom stereocenters. The van der Waals surface area contributed by atoms with Crippen molar-refractivity contribution in [3.63, 3.8) is 0 Å². The van der Waals surface area contributed by atoms with E-state index in [1.165, 1.54) is 12.0 Å². The summed E-state index contributed by atoms with van der Waals surface area (Å²) < 4.78 is 5.86. The monoisotopic (exact) mass is 356 g/mol. The highest BCUT2D eigenvalue weighted by molar-refractivity contribution is 5.43. The number of rotatable bonds is 8. The van der Waals surface area contributed by atoms with Crippen molar-refractivity contribution in [2.75, 3.05) is 0 Å². The van der Waals surface area contributed by atoms with Crippen LogP contribution < -0.4 is 4.74 Å². The fourth-order valence-corrected chi connectivity index (χ4v) is 3.44. The molecule has 0 fully saturated rings. The van der Waals surface area contributed by atoms with Gasteiger partial charge in [-0.25, -0.2) is 0 Å². The van der Waals surface area contributed by atoms with E-state index in [2.05, 4.69) is 39.8 Å². The molecule has 0 saturated carbocycles. The van der Waals surface area contributed by atoms with Crippen LogP contribution >= 0.6 is 0 Å². The van der Waals surface area contributed by atoms with E-state index in [0.29, 0.717) is 28.9 Å². The van der Waals surface area contributed by atoms with Crippen molar-refractivity contribution in [3.05, 3.63) is 58.7 Å². The molecule has 3 nitrogen and oxygen atoms in total. The van der Waals surface area contributed by atoms with Crippen LogP contribution in [0.15, 0.2) is 36.4 Å². The van der Waals surface area contributed by atoms with Gasteiger partial charge < -0.3 is 14.9 Å². The van der Waals surface area contributed by atoms with Gasteiger partial charge >= 0.3 is 0 Å². The Kier molecular flexibility index (Phi) is 7.10. The predicted molar refractivity (Wildman–Crippen MR) is 107 cm³/mol. The number of hydrogen-bond acceptors (Lipinski definition) is 3. The van der Waals surface area contributed by atoms with Crippen molar-refractivity contribution in [1.82, 2.24) is 0 Å². The summed E-state index contributed by atoms with van der Waals surface area (Å²) in [5.74, 6) is 2.73. The molecule has 2 rings (SSSR count). The van der Waals surface area contributed by atoms with E-state index < -0.39 is 0 Å². The zero-order valence-electron chi connectivity index (χ0n) is 16.6. The molecular formula is C23H32O3. The Morgan fingerprint density at radius 1 is 0.962 bits per heavy atom. The number of hydrogen-bond donors (Lipinski definition) is 2. The maximum absolute atomic E-state index is 10.2. The molecule has 0 radical (unpaired) electrons. The van der Waals surface area contributed by atoms with Crippen molar-refractivity contribution < 1.29 is 14.9 Å². The highest BCUT2D eigenvalue weighted by Crippen LogP contribution is 2.32. The van der Waals surface area contributed by atoms with E-state index in [-0.39, 0.29) is 19.0 Å². The van der Waals surface area contributed by atoms with Gasteiger partial charge in [0.05, 0.1) is 6.61 Å². The molecule has 0 aliphatic rings. The Morgan fingerprint density at radius 2 is 1.58 bits per heavy atom. The second kappa shape index (κ2) is 9.09. The van der Waals surface area contributed by atoms with E-state index >= 15 is 0 Å². The average Bonchev–Trinajstić information content (AvgIpc) is 2.60. The molecule has 3 heteroatoms. The minimum Gasteiger partial charge on any atom is -0.507 e. The van der Waals surface area contributed by atoms with Crippen LogP contribution in [-0.2, 0) is 13.2 Å². The largest absolute Gasteiger partial charge is 0.507 e. The number of benzene rings is 2. The first-order valence-corrected chi connectivity index (χ1v) is 9.46. The summed E-state index contributed by atoms with van der Waals surface area (Å²) in [5.41, 5.74) is 3.57. The van der Waals surface area contributed by atoms with E-state index in [0.717, 1.165) is 11.3 Å². The maximum atomic E-state index is 10.2. The molecular weight excluding hydrogens is 324 g/mol. The first-order chi connectivity index (χ1) is 12.3. The highest BCUT2D eigenvalue weighted by atomic mass is 16.5. The number of aromatic hydroxyl groups is 1. The van der Waals surface area contributed by atoms with Crippen LogP contribution in [0.2, 0.25) is 0 Å². The van der Waals surface area contributed by atoms with Gasteiger partial charge in [0.2, 0.25) is 0 Å². The van der Waals surface area contributed by atoms with Crippen LogP contribution in [0.4, 0.5) is 0 Å². The minimum absolute atomic E-state index is 0.117. The molecule has 0 saturated heterocycles. The van der Waals surface area contributed by atoms with Gasteiger partial charge in [0.25, 0.3) is 0 Å². The van der Waals surface area contributed by atoms with E-state index in [1.54, 1.807) is 6.07 Å². The molecule has 0 bridgehead atoms. The zero-order chi connectivity index (χ0) is 19.3. The van der Waals surface area contributed by atoms with Gasteiger partial charge in [-0.15, -0.1) is 0 Å². The van der Waals surface area contributed by atoms with Crippen molar-refractivity contribution in [3.8, 4) is 11.5 Å². The number of ether oxygens (including phenoxy) is 1. The normalized spacial score (nSPS) is 12.6. The summed E-state index contributed by atoms with van der Waals surface area (Å²) in [7, 11) is 0. The van der Waals surface area contributed by atoms with Gasteiger partial charge in [-0.05, 0) is 54.9 Å². The number of aliphatic hydroxyl groups excluding tert-OH is 1. The van der Waals surface area contributed by atoms with E-state index in [1.807, 2.05) is 25.1 Å². The van der Waals surface area contributed by atoms with Gasteiger partial charge in [-0.3, -0.25) is 0 Å². The van der Waals surface area contributed by atoms with Crippen molar-refractivity contribution in [2.24, 2.45) is 11.8 Å². The Labute approximate surface area is 157 Å². The molecule has 142 valence electrons. The fraction of sp³-hybridized carbons (Fsp3) is 0.478. The van der Waals surface area contributed by atoms with Gasteiger partial charge in [0.15, 0.2) is 0 Å². The summed E-state index contributed by atoms with van der Waals surface area (Å²) in [5, 5.41) is 19.6. The lowest BCUT2D eigenvalue weighted by molar-refractivity contribution is 0.270. The third-order valence-electron chi connectivity index (χ3n) is 4.82. The topological polar surface area (TPSA) is 49.7 Å². The summed E-state index contributed by atoms with van der Waals surface area (Å²) in [6.07, 6.45) is 1.18. The molecule has 2 aromatic carbocycles. The van der Waals surface area contributed by atoms with Crippen LogP contribution in [0, 0.1) is 18.8 Å². The second-order valence-corrected chi connectivity index (χ2v) is 7.93. The van der Waals surface area contributed by atoms with Crippen LogP contribution in [0.3, 0.4) is 0 Å². The van der Waals surface area contributed by atoms with Crippen LogP contribution in [0.1, 0.15) is 62.3 Å². The first-order valence-electron chi connectivity index (χ1n) is 9.46. The van der Waals surface area contributed by atoms with E-state index in [4.69, 9.17) is 4.74 Å². The molecule has 0 spiro atoms. The highest BCUT2D eigenvalue weighted by Gasteiger charge is 2.17. The van der Waals surface area contributed by atoms with Crippen molar-refractivity contribution >= 4 is 0 Å². The Bertz CT molecular complexity index is 702. The van der Waals surface area contributed by atoms with Crippen LogP contribution in [0.25, 0.3) is 0 Å². The van der Waals surface area contributed by atoms with Crippen molar-refractivity contribution in [2.45, 2.75) is 60.2 Å². The summed E-state index contributed by atoms with van der Waals surface area (Å²) in [4.78, 5) is 0.